The number of halogens is 1. The number of nitrogens with one attached hydrogen (secondary N) is 1. The zero-order valence-electron chi connectivity index (χ0n) is 22.3. The summed E-state index contributed by atoms with van der Waals surface area (Å²) in [5.74, 6) is -1.32. The number of likely N-dealkylation sites (tertiary alicyclic amines) is 1. The van der Waals surface area contributed by atoms with Crippen LogP contribution in [0.4, 0.5) is 14.9 Å². The number of nitrogens with zero attached hydrogens (tertiary/aromatic N) is 2. The lowest BCUT2D eigenvalue weighted by atomic mass is 9.87. The molecule has 2 aliphatic heterocycles. The highest BCUT2D eigenvalue weighted by Gasteiger charge is 2.44. The first-order valence-electron chi connectivity index (χ1n) is 13.5. The Kier molecular flexibility index (Phi) is 7.16. The molecule has 1 N–H and O–H groups in total. The lowest BCUT2D eigenvalue weighted by molar-refractivity contribution is -0.136. The molecule has 1 aliphatic carbocycles. The van der Waals surface area contributed by atoms with Crippen molar-refractivity contribution in [1.29, 1.82) is 0 Å². The highest BCUT2D eigenvalue weighted by Crippen LogP contribution is 2.39. The van der Waals surface area contributed by atoms with Crippen molar-refractivity contribution < 1.29 is 23.5 Å². The molecule has 7 nitrogen and oxygen atoms in total. The Bertz CT molecular complexity index is 1210. The smallest absolute Gasteiger partial charge is 0.410 e. The molecule has 202 valence electrons. The fourth-order valence-corrected chi connectivity index (χ4v) is 5.68. The van der Waals surface area contributed by atoms with Crippen LogP contribution in [0.2, 0.25) is 0 Å². The largest absolute Gasteiger partial charge is 0.444 e. The Morgan fingerprint density at radius 1 is 1.08 bits per heavy atom. The number of carbonyl (C=O) groups excluding carboxylic acids is 3. The average molecular weight is 522 g/mol. The van der Waals surface area contributed by atoms with E-state index in [0.717, 1.165) is 19.3 Å². The van der Waals surface area contributed by atoms with E-state index in [1.807, 2.05) is 43.9 Å². The van der Waals surface area contributed by atoms with E-state index in [4.69, 9.17) is 4.74 Å². The Hall–Kier alpha value is -3.42. The quantitative estimate of drug-likeness (QED) is 0.582. The third kappa shape index (κ3) is 6.00. The van der Waals surface area contributed by atoms with Crippen LogP contribution in [-0.2, 0) is 20.7 Å². The van der Waals surface area contributed by atoms with Crippen LogP contribution in [0.25, 0.3) is 0 Å². The van der Waals surface area contributed by atoms with Gasteiger partial charge in [0.25, 0.3) is 0 Å². The highest BCUT2D eigenvalue weighted by molar-refractivity contribution is 6.01. The van der Waals surface area contributed by atoms with Gasteiger partial charge in [0.15, 0.2) is 0 Å². The van der Waals surface area contributed by atoms with Crippen molar-refractivity contribution in [1.82, 2.24) is 9.80 Å². The van der Waals surface area contributed by atoms with Crippen LogP contribution in [0.15, 0.2) is 48.5 Å². The Morgan fingerprint density at radius 2 is 1.79 bits per heavy atom. The molecule has 0 radical (unpaired) electrons. The summed E-state index contributed by atoms with van der Waals surface area (Å²) in [7, 11) is 0. The number of carbonyl (C=O) groups is 3. The zero-order valence-corrected chi connectivity index (χ0v) is 22.3. The molecule has 5 rings (SSSR count). The van der Waals surface area contributed by atoms with Gasteiger partial charge in [-0.2, -0.15) is 0 Å². The van der Waals surface area contributed by atoms with Crippen LogP contribution in [-0.4, -0.2) is 59.0 Å². The van der Waals surface area contributed by atoms with E-state index in [-0.39, 0.29) is 42.2 Å². The highest BCUT2D eigenvalue weighted by atomic mass is 19.1. The third-order valence-corrected chi connectivity index (χ3v) is 7.62. The van der Waals surface area contributed by atoms with Gasteiger partial charge in [0.05, 0.1) is 5.92 Å². The Labute approximate surface area is 223 Å². The first-order chi connectivity index (χ1) is 18.1. The van der Waals surface area contributed by atoms with Gasteiger partial charge >= 0.3 is 6.09 Å². The summed E-state index contributed by atoms with van der Waals surface area (Å²) in [4.78, 5) is 43.0. The molecular weight excluding hydrogens is 485 g/mol. The van der Waals surface area contributed by atoms with Gasteiger partial charge in [0.2, 0.25) is 11.8 Å². The van der Waals surface area contributed by atoms with Crippen LogP contribution in [0.5, 0.6) is 0 Å². The maximum absolute atomic E-state index is 14.1. The van der Waals surface area contributed by atoms with Crippen LogP contribution in [0.1, 0.15) is 57.1 Å². The minimum atomic E-state index is -0.717. The predicted octanol–water partition coefficient (Wildman–Crippen LogP) is 4.97. The summed E-state index contributed by atoms with van der Waals surface area (Å²) in [5.41, 5.74) is 1.62. The molecule has 2 aromatic carbocycles. The van der Waals surface area contributed by atoms with Crippen molar-refractivity contribution in [3.05, 3.63) is 65.5 Å². The standard InChI is InChI=1S/C30H36FN3O4/c1-30(2,3)38-29(37)33-16-20(13-19-7-5-4-6-8-19)21(17-33)18-34(23-10-11-23)28(36)25-15-27(35)32-26-12-9-22(31)14-24(25)26/h4-9,12,14,20-21,23,25H,10-11,13,15-18H2,1-3H3,(H,32,35)/t20-,21+,25?/m1/s1. The van der Waals surface area contributed by atoms with Crippen LogP contribution in [0.3, 0.4) is 0 Å². The van der Waals surface area contributed by atoms with E-state index >= 15 is 0 Å². The van der Waals surface area contributed by atoms with Crippen molar-refractivity contribution >= 4 is 23.6 Å². The van der Waals surface area contributed by atoms with Gasteiger partial charge in [-0.05, 0) is 81.2 Å². The number of ether oxygens (including phenoxy) is 1. The maximum atomic E-state index is 14.1. The Morgan fingerprint density at radius 3 is 2.47 bits per heavy atom. The molecule has 3 atom stereocenters. The van der Waals surface area contributed by atoms with E-state index < -0.39 is 17.3 Å². The molecule has 1 saturated carbocycles. The van der Waals surface area contributed by atoms with Gasteiger partial charge < -0.3 is 19.9 Å². The third-order valence-electron chi connectivity index (χ3n) is 7.62. The molecule has 3 aliphatic rings. The van der Waals surface area contributed by atoms with Gasteiger partial charge in [-0.3, -0.25) is 9.59 Å². The van der Waals surface area contributed by atoms with Gasteiger partial charge in [-0.1, -0.05) is 30.3 Å². The summed E-state index contributed by atoms with van der Waals surface area (Å²) < 4.78 is 19.8. The second-order valence-electron chi connectivity index (χ2n) is 11.9. The second-order valence-corrected chi connectivity index (χ2v) is 11.9. The molecule has 0 aromatic heterocycles. The molecule has 1 saturated heterocycles. The van der Waals surface area contributed by atoms with Crippen molar-refractivity contribution in [2.24, 2.45) is 11.8 Å². The molecule has 8 heteroatoms. The van der Waals surface area contributed by atoms with Gasteiger partial charge in [0.1, 0.15) is 11.4 Å². The fraction of sp³-hybridized carbons (Fsp3) is 0.500. The van der Waals surface area contributed by atoms with Crippen molar-refractivity contribution in [2.75, 3.05) is 25.0 Å². The van der Waals surface area contributed by atoms with E-state index in [0.29, 0.717) is 30.9 Å². The van der Waals surface area contributed by atoms with Crippen molar-refractivity contribution in [3.63, 3.8) is 0 Å². The van der Waals surface area contributed by atoms with Crippen LogP contribution < -0.4 is 5.32 Å². The zero-order chi connectivity index (χ0) is 27.0. The summed E-state index contributed by atoms with van der Waals surface area (Å²) >= 11 is 0. The normalized spacial score (nSPS) is 23.0. The number of rotatable bonds is 6. The lowest BCUT2D eigenvalue weighted by Crippen LogP contribution is -2.44. The van der Waals surface area contributed by atoms with E-state index in [2.05, 4.69) is 17.4 Å². The van der Waals surface area contributed by atoms with E-state index in [1.165, 1.54) is 23.8 Å². The molecule has 0 bridgehead atoms. The molecule has 2 fully saturated rings. The summed E-state index contributed by atoms with van der Waals surface area (Å²) in [6.45, 7) is 7.11. The van der Waals surface area contributed by atoms with Crippen molar-refractivity contribution in [2.45, 2.75) is 64.0 Å². The summed E-state index contributed by atoms with van der Waals surface area (Å²) in [6.07, 6.45) is 2.27. The first kappa shape index (κ1) is 26.2. The molecule has 1 unspecified atom stereocenters. The number of benzene rings is 2. The maximum Gasteiger partial charge on any atom is 0.410 e. The van der Waals surface area contributed by atoms with Crippen LogP contribution >= 0.6 is 0 Å². The minimum absolute atomic E-state index is 0.000646. The molecule has 3 amide bonds. The van der Waals surface area contributed by atoms with Gasteiger partial charge in [0, 0.05) is 37.8 Å². The average Bonchev–Trinajstić information content (AvgIpc) is 3.62. The van der Waals surface area contributed by atoms with Gasteiger partial charge in [-0.15, -0.1) is 0 Å². The number of anilines is 1. The second kappa shape index (κ2) is 10.4. The Balaban J connectivity index is 1.38. The van der Waals surface area contributed by atoms with E-state index in [9.17, 15) is 18.8 Å². The van der Waals surface area contributed by atoms with Crippen molar-refractivity contribution in [3.8, 4) is 0 Å². The summed E-state index contributed by atoms with van der Waals surface area (Å²) in [6, 6.07) is 14.5. The summed E-state index contributed by atoms with van der Waals surface area (Å²) in [5, 5.41) is 2.77. The lowest BCUT2D eigenvalue weighted by Gasteiger charge is -2.33. The predicted molar refractivity (Wildman–Crippen MR) is 142 cm³/mol. The van der Waals surface area contributed by atoms with Gasteiger partial charge in [-0.25, -0.2) is 9.18 Å². The number of fused-ring (bicyclic) bond motifs is 1. The monoisotopic (exact) mass is 521 g/mol. The molecule has 2 aromatic rings. The topological polar surface area (TPSA) is 79.0 Å². The molecule has 38 heavy (non-hydrogen) atoms. The molecule has 2 heterocycles. The number of hydrogen-bond acceptors (Lipinski definition) is 4. The minimum Gasteiger partial charge on any atom is -0.444 e. The first-order valence-corrected chi connectivity index (χ1v) is 13.5. The fourth-order valence-electron chi connectivity index (χ4n) is 5.68. The number of amides is 3. The van der Waals surface area contributed by atoms with E-state index in [1.54, 1.807) is 4.90 Å². The SMILES string of the molecule is CC(C)(C)OC(=O)N1C[C@@H](Cc2ccccc2)[C@H](CN(C(=O)C2CC(=O)Nc3ccc(F)cc32)C2CC2)C1. The number of hydrogen-bond donors (Lipinski definition) is 1. The van der Waals surface area contributed by atoms with Crippen LogP contribution in [0, 0.1) is 17.7 Å². The molecule has 0 spiro atoms. The molecular formula is C30H36FN3O4.